The van der Waals surface area contributed by atoms with Crippen LogP contribution >= 0.6 is 0 Å². The fourth-order valence-corrected chi connectivity index (χ4v) is 2.41. The van der Waals surface area contributed by atoms with Crippen molar-refractivity contribution in [2.45, 2.75) is 85.5 Å². The molecule has 0 rings (SSSR count). The van der Waals surface area contributed by atoms with Gasteiger partial charge in [-0.25, -0.2) is 0 Å². The van der Waals surface area contributed by atoms with Crippen molar-refractivity contribution in [2.75, 3.05) is 13.2 Å². The minimum absolute atomic E-state index is 0.0949. The second-order valence-corrected chi connectivity index (χ2v) is 7.16. The highest BCUT2D eigenvalue weighted by Gasteiger charge is 2.22. The summed E-state index contributed by atoms with van der Waals surface area (Å²) in [5.74, 6) is -3.16. The smallest absolute Gasteiger partial charge is 0.309 e. The first-order chi connectivity index (χ1) is 14.6. The highest BCUT2D eigenvalue weighted by molar-refractivity contribution is 5.74. The standard InChI is InChI=1S/C21H34O10/c1-6-8-18(23)27-12-17(13-28-19(24)9-7-2)31-21(26)11-14(3)10-20(25)30-16(5)29-15(4)22/h14,16-17H,6-13H2,1-5H3. The molecule has 0 aromatic carbocycles. The van der Waals surface area contributed by atoms with Crippen LogP contribution in [-0.2, 0) is 47.7 Å². The lowest BCUT2D eigenvalue weighted by Gasteiger charge is -2.19. The summed E-state index contributed by atoms with van der Waals surface area (Å²) in [6.45, 7) is 7.42. The van der Waals surface area contributed by atoms with Crippen LogP contribution in [0.25, 0.3) is 0 Å². The Hall–Kier alpha value is -2.65. The van der Waals surface area contributed by atoms with Gasteiger partial charge in [-0.2, -0.15) is 0 Å². The van der Waals surface area contributed by atoms with E-state index in [-0.39, 0.29) is 38.9 Å². The molecule has 0 heterocycles. The van der Waals surface area contributed by atoms with Crippen LogP contribution < -0.4 is 0 Å². The third kappa shape index (κ3) is 15.8. The van der Waals surface area contributed by atoms with E-state index >= 15 is 0 Å². The molecule has 0 aliphatic rings. The Morgan fingerprint density at radius 3 is 1.55 bits per heavy atom. The lowest BCUT2D eigenvalue weighted by atomic mass is 10.0. The van der Waals surface area contributed by atoms with E-state index < -0.39 is 48.2 Å². The molecule has 2 atom stereocenters. The van der Waals surface area contributed by atoms with Crippen LogP contribution in [0, 0.1) is 5.92 Å². The van der Waals surface area contributed by atoms with Crippen molar-refractivity contribution in [3.8, 4) is 0 Å². The maximum atomic E-state index is 12.2. The Labute approximate surface area is 182 Å². The maximum absolute atomic E-state index is 12.2. The fraction of sp³-hybridized carbons (Fsp3) is 0.762. The van der Waals surface area contributed by atoms with Crippen LogP contribution in [0.3, 0.4) is 0 Å². The summed E-state index contributed by atoms with van der Waals surface area (Å²) in [6.07, 6.45) is -0.512. The topological polar surface area (TPSA) is 132 Å². The molecule has 0 aliphatic carbocycles. The van der Waals surface area contributed by atoms with Gasteiger partial charge in [0, 0.05) is 39.5 Å². The van der Waals surface area contributed by atoms with E-state index in [1.54, 1.807) is 6.92 Å². The third-order valence-electron chi connectivity index (χ3n) is 3.73. The van der Waals surface area contributed by atoms with Crippen LogP contribution in [0.4, 0.5) is 0 Å². The zero-order chi connectivity index (χ0) is 23.8. The molecule has 0 aliphatic heterocycles. The average molecular weight is 446 g/mol. The number of esters is 5. The van der Waals surface area contributed by atoms with Crippen molar-refractivity contribution < 1.29 is 47.7 Å². The Morgan fingerprint density at radius 2 is 1.13 bits per heavy atom. The minimum atomic E-state index is -1.02. The summed E-state index contributed by atoms with van der Waals surface area (Å²) in [5, 5.41) is 0. The number of ether oxygens (including phenoxy) is 5. The SMILES string of the molecule is CCCC(=O)OCC(COC(=O)CCC)OC(=O)CC(C)CC(=O)OC(C)OC(C)=O. The van der Waals surface area contributed by atoms with Crippen molar-refractivity contribution in [2.24, 2.45) is 5.92 Å². The number of hydrogen-bond donors (Lipinski definition) is 0. The minimum Gasteiger partial charge on any atom is -0.462 e. The molecular weight excluding hydrogens is 412 g/mol. The number of hydrogen-bond acceptors (Lipinski definition) is 10. The maximum Gasteiger partial charge on any atom is 0.309 e. The zero-order valence-corrected chi connectivity index (χ0v) is 19.0. The van der Waals surface area contributed by atoms with Crippen molar-refractivity contribution in [3.05, 3.63) is 0 Å². The molecule has 0 spiro atoms. The normalized spacial score (nSPS) is 12.5. The van der Waals surface area contributed by atoms with E-state index in [1.807, 2.05) is 13.8 Å². The Kier molecular flexibility index (Phi) is 14.7. The van der Waals surface area contributed by atoms with Crippen LogP contribution in [0.1, 0.15) is 73.1 Å². The van der Waals surface area contributed by atoms with Crippen molar-refractivity contribution >= 4 is 29.8 Å². The van der Waals surface area contributed by atoms with Crippen LogP contribution in [-0.4, -0.2) is 55.5 Å². The van der Waals surface area contributed by atoms with E-state index in [9.17, 15) is 24.0 Å². The van der Waals surface area contributed by atoms with Gasteiger partial charge >= 0.3 is 29.8 Å². The Bertz CT molecular complexity index is 579. The summed E-state index contributed by atoms with van der Waals surface area (Å²) in [4.78, 5) is 58.1. The van der Waals surface area contributed by atoms with E-state index in [0.717, 1.165) is 0 Å². The lowest BCUT2D eigenvalue weighted by molar-refractivity contribution is -0.183. The number of carbonyl (C=O) groups excluding carboxylic acids is 5. The summed E-state index contributed by atoms with van der Waals surface area (Å²) in [7, 11) is 0. The molecular formula is C21H34O10. The first kappa shape index (κ1) is 28.4. The first-order valence-electron chi connectivity index (χ1n) is 10.4. The number of carbonyl (C=O) groups is 5. The quantitative estimate of drug-likeness (QED) is 0.210. The highest BCUT2D eigenvalue weighted by atomic mass is 16.7. The summed E-state index contributed by atoms with van der Waals surface area (Å²) in [5.41, 5.74) is 0. The molecule has 0 fully saturated rings. The van der Waals surface area contributed by atoms with Gasteiger partial charge in [0.1, 0.15) is 13.2 Å². The second kappa shape index (κ2) is 16.1. The van der Waals surface area contributed by atoms with Crippen molar-refractivity contribution in [1.29, 1.82) is 0 Å². The number of rotatable bonds is 15. The molecule has 178 valence electrons. The largest absolute Gasteiger partial charge is 0.462 e. The molecule has 0 saturated carbocycles. The van der Waals surface area contributed by atoms with Crippen LogP contribution in [0.2, 0.25) is 0 Å². The van der Waals surface area contributed by atoms with Crippen LogP contribution in [0.15, 0.2) is 0 Å². The van der Waals surface area contributed by atoms with Gasteiger partial charge in [-0.15, -0.1) is 0 Å². The van der Waals surface area contributed by atoms with Gasteiger partial charge in [0.25, 0.3) is 0 Å². The zero-order valence-electron chi connectivity index (χ0n) is 19.0. The first-order valence-corrected chi connectivity index (χ1v) is 10.4. The van der Waals surface area contributed by atoms with E-state index in [1.165, 1.54) is 13.8 Å². The molecule has 0 aromatic heterocycles. The predicted molar refractivity (Wildman–Crippen MR) is 107 cm³/mol. The summed E-state index contributed by atoms with van der Waals surface area (Å²) < 4.78 is 25.0. The van der Waals surface area contributed by atoms with E-state index in [0.29, 0.717) is 12.8 Å². The van der Waals surface area contributed by atoms with Gasteiger partial charge < -0.3 is 23.7 Å². The van der Waals surface area contributed by atoms with Crippen molar-refractivity contribution in [1.82, 2.24) is 0 Å². The monoisotopic (exact) mass is 446 g/mol. The molecule has 0 saturated heterocycles. The summed E-state index contributed by atoms with van der Waals surface area (Å²) in [6, 6.07) is 0. The third-order valence-corrected chi connectivity index (χ3v) is 3.73. The fourth-order valence-electron chi connectivity index (χ4n) is 2.41. The van der Waals surface area contributed by atoms with Crippen LogP contribution in [0.5, 0.6) is 0 Å². The molecule has 0 bridgehead atoms. The van der Waals surface area contributed by atoms with Gasteiger partial charge in [-0.05, 0) is 18.8 Å². The highest BCUT2D eigenvalue weighted by Crippen LogP contribution is 2.13. The molecule has 10 nitrogen and oxygen atoms in total. The van der Waals surface area contributed by atoms with Gasteiger partial charge in [0.05, 0.1) is 0 Å². The molecule has 0 N–H and O–H groups in total. The Morgan fingerprint density at radius 1 is 0.677 bits per heavy atom. The van der Waals surface area contributed by atoms with Crippen molar-refractivity contribution in [3.63, 3.8) is 0 Å². The Balaban J connectivity index is 4.61. The lowest BCUT2D eigenvalue weighted by Crippen LogP contribution is -2.31. The van der Waals surface area contributed by atoms with Gasteiger partial charge in [0.2, 0.25) is 6.29 Å². The molecule has 10 heteroatoms. The molecule has 2 unspecified atom stereocenters. The molecule has 31 heavy (non-hydrogen) atoms. The van der Waals surface area contributed by atoms with Gasteiger partial charge in [-0.1, -0.05) is 20.8 Å². The second-order valence-electron chi connectivity index (χ2n) is 7.16. The predicted octanol–water partition coefficient (Wildman–Crippen LogP) is 2.45. The van der Waals surface area contributed by atoms with Gasteiger partial charge in [-0.3, -0.25) is 24.0 Å². The average Bonchev–Trinajstić information content (AvgIpc) is 2.63. The molecule has 0 amide bonds. The van der Waals surface area contributed by atoms with E-state index in [4.69, 9.17) is 23.7 Å². The summed E-state index contributed by atoms with van der Waals surface area (Å²) >= 11 is 0. The van der Waals surface area contributed by atoms with Gasteiger partial charge in [0.15, 0.2) is 6.10 Å². The van der Waals surface area contributed by atoms with E-state index in [2.05, 4.69) is 0 Å². The molecule has 0 radical (unpaired) electrons. The molecule has 0 aromatic rings.